The Balaban J connectivity index is 2.05. The number of anilines is 1. The molecule has 10 heteroatoms. The van der Waals surface area contributed by atoms with E-state index in [4.69, 9.17) is 11.6 Å². The molecule has 0 aliphatic carbocycles. The van der Waals surface area contributed by atoms with Crippen LogP contribution in [0.2, 0.25) is 5.02 Å². The first kappa shape index (κ1) is 32.1. The first-order chi connectivity index (χ1) is 19.5. The maximum absolute atomic E-state index is 14.1. The molecule has 0 fully saturated rings. The minimum absolute atomic E-state index is 0.000571. The van der Waals surface area contributed by atoms with Crippen molar-refractivity contribution >= 4 is 39.1 Å². The number of hydrogen-bond donors (Lipinski definition) is 1. The van der Waals surface area contributed by atoms with Crippen molar-refractivity contribution in [3.63, 3.8) is 0 Å². The van der Waals surface area contributed by atoms with Gasteiger partial charge in [-0.05, 0) is 91.9 Å². The van der Waals surface area contributed by atoms with Gasteiger partial charge in [-0.2, -0.15) is 0 Å². The number of nitrogens with zero attached hydrogens (tertiary/aromatic N) is 2. The van der Waals surface area contributed by atoms with Gasteiger partial charge in [0.15, 0.2) is 0 Å². The van der Waals surface area contributed by atoms with Gasteiger partial charge in [0.25, 0.3) is 10.0 Å². The van der Waals surface area contributed by atoms with E-state index in [1.807, 2.05) is 20.8 Å². The molecule has 0 heterocycles. The summed E-state index contributed by atoms with van der Waals surface area (Å²) in [4.78, 5) is 28.6. The zero-order valence-corrected chi connectivity index (χ0v) is 25.4. The first-order valence-corrected chi connectivity index (χ1v) is 15.5. The predicted molar refractivity (Wildman–Crippen MR) is 161 cm³/mol. The molecule has 41 heavy (non-hydrogen) atoms. The minimum atomic E-state index is -4.20. The molecular weight excluding hydrogens is 565 g/mol. The van der Waals surface area contributed by atoms with E-state index >= 15 is 0 Å². The smallest absolute Gasteiger partial charge is 0.264 e. The Morgan fingerprint density at radius 3 is 2.20 bits per heavy atom. The van der Waals surface area contributed by atoms with Gasteiger partial charge < -0.3 is 10.2 Å². The van der Waals surface area contributed by atoms with Crippen molar-refractivity contribution in [2.45, 2.75) is 64.4 Å². The summed E-state index contributed by atoms with van der Waals surface area (Å²) in [7, 11) is -4.20. The van der Waals surface area contributed by atoms with Gasteiger partial charge in [-0.3, -0.25) is 13.9 Å². The third-order valence-corrected chi connectivity index (χ3v) is 8.98. The van der Waals surface area contributed by atoms with E-state index in [1.54, 1.807) is 37.3 Å². The summed E-state index contributed by atoms with van der Waals surface area (Å²) in [6.07, 6.45) is 1.98. The van der Waals surface area contributed by atoms with Crippen LogP contribution >= 0.6 is 11.6 Å². The lowest BCUT2D eigenvalue weighted by atomic mass is 10.1. The standard InChI is InChI=1S/C31H37ClFN3O4S/c1-5-7-18-34-31(38)29(6-2)35(20-24-9-13-26(33)14-10-24)30(37)21-36(27-15-8-22(3)23(4)19-27)41(39,40)28-16-11-25(32)12-17-28/h8-17,19,29H,5-7,18,20-21H2,1-4H3,(H,34,38). The van der Waals surface area contributed by atoms with Crippen LogP contribution in [0.25, 0.3) is 0 Å². The number of unbranched alkanes of at least 4 members (excludes halogenated alkanes) is 1. The minimum Gasteiger partial charge on any atom is -0.354 e. The van der Waals surface area contributed by atoms with Crippen LogP contribution in [0.15, 0.2) is 71.6 Å². The van der Waals surface area contributed by atoms with Gasteiger partial charge in [-0.1, -0.05) is 50.1 Å². The monoisotopic (exact) mass is 601 g/mol. The summed E-state index contributed by atoms with van der Waals surface area (Å²) in [5.74, 6) is -1.32. The number of carbonyl (C=O) groups is 2. The highest BCUT2D eigenvalue weighted by Crippen LogP contribution is 2.27. The van der Waals surface area contributed by atoms with Crippen LogP contribution in [0.4, 0.5) is 10.1 Å². The Morgan fingerprint density at radius 2 is 1.61 bits per heavy atom. The second-order valence-corrected chi connectivity index (χ2v) is 12.2. The van der Waals surface area contributed by atoms with Crippen LogP contribution < -0.4 is 9.62 Å². The van der Waals surface area contributed by atoms with Gasteiger partial charge in [-0.15, -0.1) is 0 Å². The number of aryl methyl sites for hydroxylation is 2. The van der Waals surface area contributed by atoms with E-state index in [0.29, 0.717) is 29.2 Å². The number of carbonyl (C=O) groups excluding carboxylic acids is 2. The number of amides is 2. The third kappa shape index (κ3) is 8.30. The SMILES string of the molecule is CCCCNC(=O)C(CC)N(Cc1ccc(F)cc1)C(=O)CN(c1ccc(C)c(C)c1)S(=O)(=O)c1ccc(Cl)cc1. The molecule has 220 valence electrons. The average molecular weight is 602 g/mol. The van der Waals surface area contributed by atoms with Crippen molar-refractivity contribution in [3.8, 4) is 0 Å². The Morgan fingerprint density at radius 1 is 0.951 bits per heavy atom. The van der Waals surface area contributed by atoms with Gasteiger partial charge in [0.05, 0.1) is 10.6 Å². The number of halogens is 2. The molecule has 0 aliphatic heterocycles. The fourth-order valence-electron chi connectivity index (χ4n) is 4.36. The van der Waals surface area contributed by atoms with Crippen LogP contribution in [-0.2, 0) is 26.2 Å². The molecule has 0 aliphatic rings. The van der Waals surface area contributed by atoms with Crippen molar-refractivity contribution in [3.05, 3.63) is 94.3 Å². The summed E-state index contributed by atoms with van der Waals surface area (Å²) in [6.45, 7) is 7.49. The number of sulfonamides is 1. The molecule has 0 aromatic heterocycles. The molecule has 0 bridgehead atoms. The van der Waals surface area contributed by atoms with Crippen molar-refractivity contribution in [2.75, 3.05) is 17.4 Å². The van der Waals surface area contributed by atoms with Gasteiger partial charge in [0.1, 0.15) is 18.4 Å². The van der Waals surface area contributed by atoms with Gasteiger partial charge >= 0.3 is 0 Å². The molecule has 0 spiro atoms. The van der Waals surface area contributed by atoms with Crippen LogP contribution in [0.3, 0.4) is 0 Å². The molecule has 3 aromatic carbocycles. The lowest BCUT2D eigenvalue weighted by molar-refractivity contribution is -0.140. The molecule has 3 rings (SSSR count). The highest BCUT2D eigenvalue weighted by molar-refractivity contribution is 7.92. The molecule has 0 saturated heterocycles. The zero-order chi connectivity index (χ0) is 30.2. The second-order valence-electron chi connectivity index (χ2n) is 9.95. The molecule has 0 radical (unpaired) electrons. The van der Waals surface area contributed by atoms with E-state index in [-0.39, 0.29) is 17.3 Å². The lowest BCUT2D eigenvalue weighted by Gasteiger charge is -2.33. The van der Waals surface area contributed by atoms with Crippen molar-refractivity contribution in [1.29, 1.82) is 0 Å². The van der Waals surface area contributed by atoms with Crippen LogP contribution in [-0.4, -0.2) is 44.3 Å². The molecule has 3 aromatic rings. The van der Waals surface area contributed by atoms with Gasteiger partial charge in [0.2, 0.25) is 11.8 Å². The van der Waals surface area contributed by atoms with E-state index in [1.165, 1.54) is 41.3 Å². The maximum atomic E-state index is 14.1. The molecule has 0 saturated carbocycles. The third-order valence-electron chi connectivity index (χ3n) is 6.94. The normalized spacial score (nSPS) is 12.0. The zero-order valence-electron chi connectivity index (χ0n) is 23.9. The number of rotatable bonds is 13. The first-order valence-electron chi connectivity index (χ1n) is 13.6. The highest BCUT2D eigenvalue weighted by atomic mass is 35.5. The molecule has 1 N–H and O–H groups in total. The summed E-state index contributed by atoms with van der Waals surface area (Å²) >= 11 is 6.00. The largest absolute Gasteiger partial charge is 0.354 e. The van der Waals surface area contributed by atoms with Gasteiger partial charge in [-0.25, -0.2) is 12.8 Å². The second kappa shape index (κ2) is 14.5. The number of hydrogen-bond acceptors (Lipinski definition) is 4. The maximum Gasteiger partial charge on any atom is 0.264 e. The summed E-state index contributed by atoms with van der Waals surface area (Å²) in [5.41, 5.74) is 2.75. The van der Waals surface area contributed by atoms with Crippen molar-refractivity contribution in [1.82, 2.24) is 10.2 Å². The molecule has 1 atom stereocenters. The van der Waals surface area contributed by atoms with Crippen molar-refractivity contribution in [2.24, 2.45) is 0 Å². The molecule has 2 amide bonds. The van der Waals surface area contributed by atoms with Crippen LogP contribution in [0, 0.1) is 19.7 Å². The summed E-state index contributed by atoms with van der Waals surface area (Å²) in [6, 6.07) is 15.7. The van der Waals surface area contributed by atoms with E-state index in [9.17, 15) is 22.4 Å². The Bertz CT molecular complexity index is 1450. The topological polar surface area (TPSA) is 86.8 Å². The Kier molecular flexibility index (Phi) is 11.3. The highest BCUT2D eigenvalue weighted by Gasteiger charge is 2.33. The van der Waals surface area contributed by atoms with Gasteiger partial charge in [0, 0.05) is 18.1 Å². The molecular formula is C31H37ClFN3O4S. The Labute approximate surface area is 247 Å². The lowest BCUT2D eigenvalue weighted by Crippen LogP contribution is -2.52. The number of benzene rings is 3. The Hall–Kier alpha value is -3.43. The quantitative estimate of drug-likeness (QED) is 0.243. The fraction of sp³-hybridized carbons (Fsp3) is 0.355. The van der Waals surface area contributed by atoms with Crippen LogP contribution in [0.5, 0.6) is 0 Å². The predicted octanol–water partition coefficient (Wildman–Crippen LogP) is 6.01. The van der Waals surface area contributed by atoms with E-state index in [2.05, 4.69) is 5.32 Å². The van der Waals surface area contributed by atoms with E-state index < -0.39 is 34.3 Å². The molecule has 1 unspecified atom stereocenters. The summed E-state index contributed by atoms with van der Waals surface area (Å²) in [5, 5.41) is 3.27. The van der Waals surface area contributed by atoms with E-state index in [0.717, 1.165) is 28.3 Å². The van der Waals surface area contributed by atoms with Crippen LogP contribution in [0.1, 0.15) is 49.8 Å². The number of nitrogens with one attached hydrogen (secondary N) is 1. The molecule has 7 nitrogen and oxygen atoms in total. The summed E-state index contributed by atoms with van der Waals surface area (Å²) < 4.78 is 42.5. The average Bonchev–Trinajstić information content (AvgIpc) is 2.94. The van der Waals surface area contributed by atoms with Crippen molar-refractivity contribution < 1.29 is 22.4 Å². The fourth-order valence-corrected chi connectivity index (χ4v) is 5.89.